The van der Waals surface area contributed by atoms with Crippen molar-refractivity contribution in [3.8, 4) is 0 Å². The highest BCUT2D eigenvalue weighted by Gasteiger charge is 2.47. The zero-order valence-electron chi connectivity index (χ0n) is 15.8. The Morgan fingerprint density at radius 3 is 2.48 bits per heavy atom. The summed E-state index contributed by atoms with van der Waals surface area (Å²) in [7, 11) is -3.02. The van der Waals surface area contributed by atoms with Crippen LogP contribution in [0.4, 0.5) is 5.69 Å². The lowest BCUT2D eigenvalue weighted by Crippen LogP contribution is -2.39. The van der Waals surface area contributed by atoms with Crippen molar-refractivity contribution in [2.75, 3.05) is 16.4 Å². The smallest absolute Gasteiger partial charge is 0.164 e. The molecule has 2 aromatic carbocycles. The van der Waals surface area contributed by atoms with E-state index in [0.717, 1.165) is 16.6 Å². The van der Waals surface area contributed by atoms with E-state index in [1.807, 2.05) is 0 Å². The number of thioether (sulfide) groups is 1. The molecule has 2 aliphatic heterocycles. The number of nitrogens with zero attached hydrogens (tertiary/aromatic N) is 2. The summed E-state index contributed by atoms with van der Waals surface area (Å²) < 4.78 is 24.3. The van der Waals surface area contributed by atoms with Crippen LogP contribution in [0.1, 0.15) is 22.3 Å². The van der Waals surface area contributed by atoms with Crippen LogP contribution in [-0.2, 0) is 15.6 Å². The van der Waals surface area contributed by atoms with Gasteiger partial charge in [-0.2, -0.15) is 0 Å². The lowest BCUT2D eigenvalue weighted by atomic mass is 10.1. The lowest BCUT2D eigenvalue weighted by Gasteiger charge is -2.27. The first-order chi connectivity index (χ1) is 12.8. The number of hydrogen-bond donors (Lipinski definition) is 0. The van der Waals surface area contributed by atoms with E-state index in [1.54, 1.807) is 11.8 Å². The normalized spacial score (nSPS) is 23.4. The molecule has 142 valence electrons. The molecule has 6 heteroatoms. The molecule has 0 aliphatic carbocycles. The molecule has 0 radical (unpaired) electrons. The molecule has 0 saturated carbocycles. The third-order valence-electron chi connectivity index (χ3n) is 5.36. The fraction of sp³-hybridized carbons (Fsp3) is 0.381. The summed E-state index contributed by atoms with van der Waals surface area (Å²) in [5, 5.41) is 0.934. The minimum atomic E-state index is -3.02. The first-order valence-corrected chi connectivity index (χ1v) is 12.0. The van der Waals surface area contributed by atoms with Crippen molar-refractivity contribution in [1.29, 1.82) is 0 Å². The van der Waals surface area contributed by atoms with E-state index < -0.39 is 9.84 Å². The summed E-state index contributed by atoms with van der Waals surface area (Å²) in [5.74, 6) is 1.17. The van der Waals surface area contributed by atoms with Gasteiger partial charge in [-0.3, -0.25) is 4.99 Å². The molecule has 0 unspecified atom stereocenters. The molecule has 4 rings (SSSR count). The Morgan fingerprint density at radius 2 is 1.78 bits per heavy atom. The van der Waals surface area contributed by atoms with Crippen LogP contribution in [0.3, 0.4) is 0 Å². The molecule has 2 heterocycles. The van der Waals surface area contributed by atoms with E-state index in [4.69, 9.17) is 4.99 Å². The maximum atomic E-state index is 12.2. The van der Waals surface area contributed by atoms with E-state index in [-0.39, 0.29) is 23.6 Å². The van der Waals surface area contributed by atoms with Crippen molar-refractivity contribution in [1.82, 2.24) is 0 Å². The number of fused-ring (bicyclic) bond motifs is 1. The zero-order chi connectivity index (χ0) is 19.2. The van der Waals surface area contributed by atoms with Crippen molar-refractivity contribution in [2.45, 2.75) is 38.6 Å². The number of sulfone groups is 1. The fourth-order valence-electron chi connectivity index (χ4n) is 3.64. The van der Waals surface area contributed by atoms with E-state index in [9.17, 15) is 8.42 Å². The Hall–Kier alpha value is -1.79. The summed E-state index contributed by atoms with van der Waals surface area (Å²) in [4.78, 5) is 6.97. The number of aryl methyl sites for hydroxylation is 3. The highest BCUT2D eigenvalue weighted by Crippen LogP contribution is 2.36. The summed E-state index contributed by atoms with van der Waals surface area (Å²) >= 11 is 1.69. The van der Waals surface area contributed by atoms with Crippen LogP contribution in [0.15, 0.2) is 47.5 Å². The van der Waals surface area contributed by atoms with Crippen LogP contribution in [0, 0.1) is 20.8 Å². The molecular formula is C21H24N2O2S2. The van der Waals surface area contributed by atoms with E-state index in [2.05, 4.69) is 68.1 Å². The first-order valence-electron chi connectivity index (χ1n) is 9.15. The van der Waals surface area contributed by atoms with Crippen molar-refractivity contribution < 1.29 is 8.42 Å². The number of aliphatic imine (C=N–C) groups is 1. The molecule has 0 aromatic heterocycles. The number of rotatable bonds is 3. The highest BCUT2D eigenvalue weighted by molar-refractivity contribution is 8.13. The van der Waals surface area contributed by atoms with Gasteiger partial charge in [0.15, 0.2) is 15.0 Å². The molecule has 27 heavy (non-hydrogen) atoms. The fourth-order valence-corrected chi connectivity index (χ4v) is 6.57. The molecule has 1 saturated heterocycles. The van der Waals surface area contributed by atoms with Gasteiger partial charge in [-0.25, -0.2) is 8.42 Å². The number of hydrogen-bond acceptors (Lipinski definition) is 5. The standard InChI is InChI=1S/C21H24N2O2S2/c1-14-4-7-17(8-5-14)11-26-21-22-19-12-27(24,25)13-20(19)23(21)18-9-6-15(2)16(3)10-18/h4-10,19-20H,11-13H2,1-3H3/t19-,20-/m0/s1. The van der Waals surface area contributed by atoms with Gasteiger partial charge in [-0.1, -0.05) is 47.7 Å². The van der Waals surface area contributed by atoms with Crippen molar-refractivity contribution in [3.05, 3.63) is 64.7 Å². The average Bonchev–Trinajstić information content (AvgIpc) is 3.08. The minimum Gasteiger partial charge on any atom is -0.315 e. The Kier molecular flexibility index (Phi) is 4.80. The predicted molar refractivity (Wildman–Crippen MR) is 115 cm³/mol. The number of benzene rings is 2. The highest BCUT2D eigenvalue weighted by atomic mass is 32.2. The molecule has 2 aliphatic rings. The van der Waals surface area contributed by atoms with Crippen LogP contribution in [0.25, 0.3) is 0 Å². The molecule has 2 aromatic rings. The molecule has 2 atom stereocenters. The van der Waals surface area contributed by atoms with Crippen molar-refractivity contribution >= 4 is 32.5 Å². The summed E-state index contributed by atoms with van der Waals surface area (Å²) in [6.45, 7) is 6.27. The minimum absolute atomic E-state index is 0.0855. The zero-order valence-corrected chi connectivity index (χ0v) is 17.5. The van der Waals surface area contributed by atoms with Gasteiger partial charge in [0.05, 0.1) is 23.6 Å². The molecule has 4 nitrogen and oxygen atoms in total. The number of anilines is 1. The summed E-state index contributed by atoms with van der Waals surface area (Å²) in [6, 6.07) is 14.6. The Morgan fingerprint density at radius 1 is 1.04 bits per heavy atom. The molecule has 0 amide bonds. The third kappa shape index (κ3) is 3.78. The molecule has 0 N–H and O–H groups in total. The second-order valence-electron chi connectivity index (χ2n) is 7.54. The summed E-state index contributed by atoms with van der Waals surface area (Å²) in [6.07, 6.45) is 0. The predicted octanol–water partition coefficient (Wildman–Crippen LogP) is 3.89. The van der Waals surface area contributed by atoms with Gasteiger partial charge >= 0.3 is 0 Å². The van der Waals surface area contributed by atoms with E-state index in [1.165, 1.54) is 22.3 Å². The van der Waals surface area contributed by atoms with Crippen LogP contribution < -0.4 is 4.90 Å². The van der Waals surface area contributed by atoms with Crippen molar-refractivity contribution in [2.24, 2.45) is 4.99 Å². The SMILES string of the molecule is Cc1ccc(CSC2=N[C@H]3CS(=O)(=O)C[C@@H]3N2c2ccc(C)c(C)c2)cc1. The second kappa shape index (κ2) is 6.99. The quantitative estimate of drug-likeness (QED) is 0.784. The van der Waals surface area contributed by atoms with Crippen LogP contribution in [0.2, 0.25) is 0 Å². The lowest BCUT2D eigenvalue weighted by molar-refractivity contribution is 0.601. The first kappa shape index (κ1) is 18.6. The molecule has 0 bridgehead atoms. The monoisotopic (exact) mass is 400 g/mol. The topological polar surface area (TPSA) is 49.7 Å². The van der Waals surface area contributed by atoms with Gasteiger partial charge in [-0.05, 0) is 49.6 Å². The molecule has 1 fully saturated rings. The van der Waals surface area contributed by atoms with E-state index >= 15 is 0 Å². The molecular weight excluding hydrogens is 376 g/mol. The second-order valence-corrected chi connectivity index (χ2v) is 10.6. The van der Waals surface area contributed by atoms with Crippen LogP contribution >= 0.6 is 11.8 Å². The van der Waals surface area contributed by atoms with Gasteiger partial charge in [0.25, 0.3) is 0 Å². The average molecular weight is 401 g/mol. The van der Waals surface area contributed by atoms with Crippen LogP contribution in [-0.4, -0.2) is 37.2 Å². The molecule has 0 spiro atoms. The Bertz CT molecular complexity index is 997. The summed E-state index contributed by atoms with van der Waals surface area (Å²) in [5.41, 5.74) is 5.98. The van der Waals surface area contributed by atoms with Gasteiger partial charge in [0, 0.05) is 11.4 Å². The van der Waals surface area contributed by atoms with Crippen LogP contribution in [0.5, 0.6) is 0 Å². The van der Waals surface area contributed by atoms with Gasteiger partial charge < -0.3 is 4.90 Å². The van der Waals surface area contributed by atoms with Gasteiger partial charge in [0.1, 0.15) is 0 Å². The number of amidine groups is 1. The largest absolute Gasteiger partial charge is 0.315 e. The Labute approximate surface area is 165 Å². The van der Waals surface area contributed by atoms with Crippen molar-refractivity contribution in [3.63, 3.8) is 0 Å². The Balaban J connectivity index is 1.63. The van der Waals surface area contributed by atoms with Gasteiger partial charge in [0.2, 0.25) is 0 Å². The maximum absolute atomic E-state index is 12.2. The maximum Gasteiger partial charge on any atom is 0.164 e. The van der Waals surface area contributed by atoms with E-state index in [0.29, 0.717) is 0 Å². The third-order valence-corrected chi connectivity index (χ3v) is 8.10. The van der Waals surface area contributed by atoms with Gasteiger partial charge in [-0.15, -0.1) is 0 Å².